The quantitative estimate of drug-likeness (QED) is 0.818. The molecule has 1 aromatic carbocycles. The van der Waals surface area contributed by atoms with Crippen LogP contribution in [0.15, 0.2) is 48.5 Å². The lowest BCUT2D eigenvalue weighted by Crippen LogP contribution is -2.25. The maximum atomic E-state index is 4.56. The van der Waals surface area contributed by atoms with Gasteiger partial charge in [-0.1, -0.05) is 36.4 Å². The lowest BCUT2D eigenvalue weighted by Gasteiger charge is -2.23. The molecule has 20 heavy (non-hydrogen) atoms. The first-order valence-corrected chi connectivity index (χ1v) is 7.59. The van der Waals surface area contributed by atoms with Crippen molar-refractivity contribution in [1.29, 1.82) is 0 Å². The average molecular weight is 286 g/mol. The number of benzene rings is 1. The fourth-order valence-electron chi connectivity index (χ4n) is 2.40. The van der Waals surface area contributed by atoms with Gasteiger partial charge >= 0.3 is 0 Å². The molecule has 106 valence electrons. The summed E-state index contributed by atoms with van der Waals surface area (Å²) in [6.07, 6.45) is 0. The first kappa shape index (κ1) is 15.1. The van der Waals surface area contributed by atoms with Crippen molar-refractivity contribution in [3.05, 3.63) is 65.5 Å². The Morgan fingerprint density at radius 1 is 1.10 bits per heavy atom. The number of aromatic nitrogens is 1. The summed E-state index contributed by atoms with van der Waals surface area (Å²) in [7, 11) is 2.14. The minimum Gasteiger partial charge on any atom is -0.300 e. The highest BCUT2D eigenvalue weighted by atomic mass is 32.1. The number of likely N-dealkylation sites (N-methyl/N-ethyl adjacent to an activating group) is 1. The summed E-state index contributed by atoms with van der Waals surface area (Å²) in [6.45, 7) is 3.89. The fraction of sp³-hybridized carbons (Fsp3) is 0.353. The van der Waals surface area contributed by atoms with Crippen molar-refractivity contribution in [3.63, 3.8) is 0 Å². The predicted octanol–water partition coefficient (Wildman–Crippen LogP) is 3.54. The third kappa shape index (κ3) is 4.36. The average Bonchev–Trinajstić information content (AvgIpc) is 2.45. The molecule has 1 heterocycles. The van der Waals surface area contributed by atoms with Gasteiger partial charge in [0.15, 0.2) is 0 Å². The normalized spacial score (nSPS) is 12.6. The summed E-state index contributed by atoms with van der Waals surface area (Å²) < 4.78 is 0. The number of thiol groups is 1. The van der Waals surface area contributed by atoms with E-state index >= 15 is 0 Å². The second kappa shape index (κ2) is 7.46. The van der Waals surface area contributed by atoms with Crippen LogP contribution in [-0.4, -0.2) is 29.2 Å². The number of nitrogens with zero attached hydrogens (tertiary/aromatic N) is 2. The summed E-state index contributed by atoms with van der Waals surface area (Å²) in [5.74, 6) is 1.31. The molecule has 0 amide bonds. The molecule has 1 aromatic heterocycles. The minimum atomic E-state index is 0.453. The van der Waals surface area contributed by atoms with Gasteiger partial charge in [-0.3, -0.25) is 9.88 Å². The summed E-state index contributed by atoms with van der Waals surface area (Å²) in [4.78, 5) is 6.87. The molecule has 2 aromatic rings. The molecular weight excluding hydrogens is 264 g/mol. The molecule has 0 aliphatic heterocycles. The van der Waals surface area contributed by atoms with Crippen LogP contribution in [0.4, 0.5) is 0 Å². The van der Waals surface area contributed by atoms with Gasteiger partial charge in [0.1, 0.15) is 0 Å². The molecular formula is C17H22N2S. The zero-order chi connectivity index (χ0) is 14.4. The Morgan fingerprint density at radius 3 is 2.50 bits per heavy atom. The molecule has 0 saturated heterocycles. The third-order valence-electron chi connectivity index (χ3n) is 3.40. The van der Waals surface area contributed by atoms with Gasteiger partial charge in [0, 0.05) is 24.7 Å². The molecule has 0 bridgehead atoms. The molecule has 1 atom stereocenters. The Labute approximate surface area is 127 Å². The van der Waals surface area contributed by atoms with Gasteiger partial charge in [0.25, 0.3) is 0 Å². The Balaban J connectivity index is 1.97. The van der Waals surface area contributed by atoms with Crippen LogP contribution >= 0.6 is 12.6 Å². The van der Waals surface area contributed by atoms with Crippen molar-refractivity contribution in [2.45, 2.75) is 19.4 Å². The van der Waals surface area contributed by atoms with Crippen molar-refractivity contribution in [2.75, 3.05) is 19.3 Å². The molecule has 0 aliphatic rings. The molecule has 2 nitrogen and oxygen atoms in total. The Hall–Kier alpha value is -1.32. The molecule has 0 aliphatic carbocycles. The van der Waals surface area contributed by atoms with Gasteiger partial charge in [-0.05, 0) is 37.4 Å². The smallest absolute Gasteiger partial charge is 0.0547 e. The zero-order valence-electron chi connectivity index (χ0n) is 12.2. The van der Waals surface area contributed by atoms with Gasteiger partial charge < -0.3 is 0 Å². The predicted molar refractivity (Wildman–Crippen MR) is 88.3 cm³/mol. The van der Waals surface area contributed by atoms with Crippen LogP contribution in [0.1, 0.15) is 22.9 Å². The molecule has 1 unspecified atom stereocenters. The van der Waals surface area contributed by atoms with E-state index in [-0.39, 0.29) is 0 Å². The van der Waals surface area contributed by atoms with Crippen LogP contribution in [-0.2, 0) is 6.54 Å². The second-order valence-electron chi connectivity index (χ2n) is 5.26. The SMILES string of the molecule is Cc1cccc(CN(C)CC(CS)c2ccccc2)n1. The van der Waals surface area contributed by atoms with E-state index in [0.717, 1.165) is 30.2 Å². The molecule has 0 radical (unpaired) electrons. The number of hydrogen-bond donors (Lipinski definition) is 1. The van der Waals surface area contributed by atoms with Crippen LogP contribution in [0.2, 0.25) is 0 Å². The number of hydrogen-bond acceptors (Lipinski definition) is 3. The molecule has 0 N–H and O–H groups in total. The van der Waals surface area contributed by atoms with E-state index in [0.29, 0.717) is 5.92 Å². The van der Waals surface area contributed by atoms with Gasteiger partial charge in [-0.15, -0.1) is 0 Å². The van der Waals surface area contributed by atoms with E-state index in [1.54, 1.807) is 0 Å². The van der Waals surface area contributed by atoms with Crippen LogP contribution in [0.5, 0.6) is 0 Å². The molecule has 0 spiro atoms. The van der Waals surface area contributed by atoms with E-state index < -0.39 is 0 Å². The van der Waals surface area contributed by atoms with Crippen LogP contribution in [0, 0.1) is 6.92 Å². The van der Waals surface area contributed by atoms with Gasteiger partial charge in [-0.25, -0.2) is 0 Å². The van der Waals surface area contributed by atoms with E-state index in [2.05, 4.69) is 72.0 Å². The highest BCUT2D eigenvalue weighted by Crippen LogP contribution is 2.18. The summed E-state index contributed by atoms with van der Waals surface area (Å²) in [5, 5.41) is 0. The van der Waals surface area contributed by atoms with E-state index in [9.17, 15) is 0 Å². The maximum absolute atomic E-state index is 4.56. The van der Waals surface area contributed by atoms with Crippen molar-refractivity contribution in [2.24, 2.45) is 0 Å². The van der Waals surface area contributed by atoms with Gasteiger partial charge in [0.05, 0.1) is 5.69 Å². The lowest BCUT2D eigenvalue weighted by molar-refractivity contribution is 0.307. The van der Waals surface area contributed by atoms with Crippen LogP contribution in [0.25, 0.3) is 0 Å². The first-order valence-electron chi connectivity index (χ1n) is 6.96. The highest BCUT2D eigenvalue weighted by Gasteiger charge is 2.12. The van der Waals surface area contributed by atoms with E-state index in [1.807, 2.05) is 13.0 Å². The van der Waals surface area contributed by atoms with Gasteiger partial charge in [0.2, 0.25) is 0 Å². The summed E-state index contributed by atoms with van der Waals surface area (Å²) in [6, 6.07) is 16.8. The Morgan fingerprint density at radius 2 is 1.85 bits per heavy atom. The largest absolute Gasteiger partial charge is 0.300 e. The second-order valence-corrected chi connectivity index (χ2v) is 5.62. The van der Waals surface area contributed by atoms with Crippen molar-refractivity contribution in [1.82, 2.24) is 9.88 Å². The zero-order valence-corrected chi connectivity index (χ0v) is 13.1. The van der Waals surface area contributed by atoms with Crippen molar-refractivity contribution < 1.29 is 0 Å². The molecule has 0 saturated carbocycles. The van der Waals surface area contributed by atoms with Crippen molar-refractivity contribution >= 4 is 12.6 Å². The Kier molecular flexibility index (Phi) is 5.62. The fourth-order valence-corrected chi connectivity index (χ4v) is 2.72. The molecule has 3 heteroatoms. The van der Waals surface area contributed by atoms with E-state index in [4.69, 9.17) is 0 Å². The molecule has 2 rings (SSSR count). The van der Waals surface area contributed by atoms with Crippen LogP contribution < -0.4 is 0 Å². The number of pyridine rings is 1. The number of aryl methyl sites for hydroxylation is 1. The highest BCUT2D eigenvalue weighted by molar-refractivity contribution is 7.80. The van der Waals surface area contributed by atoms with Crippen molar-refractivity contribution in [3.8, 4) is 0 Å². The Bertz CT molecular complexity index is 528. The minimum absolute atomic E-state index is 0.453. The lowest BCUT2D eigenvalue weighted by atomic mass is 10.0. The summed E-state index contributed by atoms with van der Waals surface area (Å²) in [5.41, 5.74) is 3.55. The standard InChI is InChI=1S/C17H22N2S/c1-14-7-6-10-17(18-14)12-19(2)11-16(13-20)15-8-4-3-5-9-15/h3-10,16,20H,11-13H2,1-2H3. The topological polar surface area (TPSA) is 16.1 Å². The third-order valence-corrected chi connectivity index (χ3v) is 3.84. The summed E-state index contributed by atoms with van der Waals surface area (Å²) >= 11 is 4.50. The number of rotatable bonds is 6. The van der Waals surface area contributed by atoms with Crippen LogP contribution in [0.3, 0.4) is 0 Å². The molecule has 0 fully saturated rings. The van der Waals surface area contributed by atoms with Gasteiger partial charge in [-0.2, -0.15) is 12.6 Å². The maximum Gasteiger partial charge on any atom is 0.0547 e. The van der Waals surface area contributed by atoms with E-state index in [1.165, 1.54) is 5.56 Å². The first-order chi connectivity index (χ1) is 9.69. The monoisotopic (exact) mass is 286 g/mol.